The van der Waals surface area contributed by atoms with Crippen LogP contribution >= 0.6 is 0 Å². The molecule has 450 valence electrons. The summed E-state index contributed by atoms with van der Waals surface area (Å²) in [5.74, 6) is 0.534. The first-order valence-corrected chi connectivity index (χ1v) is 29.1. The van der Waals surface area contributed by atoms with Crippen LogP contribution in [0.15, 0.2) is 287 Å². The van der Waals surface area contributed by atoms with E-state index in [0.29, 0.717) is 17.2 Å². The topological polar surface area (TPSA) is 128 Å². The maximum atomic E-state index is 7.42. The molecule has 0 aliphatic carbocycles. The zero-order valence-corrected chi connectivity index (χ0v) is 55.1. The van der Waals surface area contributed by atoms with Gasteiger partial charge in [-0.2, -0.15) is 0 Å². The van der Waals surface area contributed by atoms with Gasteiger partial charge in [0.05, 0.1) is 22.8 Å². The van der Waals surface area contributed by atoms with Gasteiger partial charge in [-0.3, -0.25) is 15.0 Å². The Bertz CT molecular complexity index is 4640. The number of pyridine rings is 4. The normalized spacial score (nSPS) is 12.4. The first-order chi connectivity index (χ1) is 45.5. The third-order valence-electron chi connectivity index (χ3n) is 13.8. The molecule has 8 aromatic carbocycles. The number of amidine groups is 1. The molecular formula is C80H60Ir2N8O2. The quantitative estimate of drug-likeness (QED) is 0.151. The molecule has 7 aromatic heterocycles. The fraction of sp³-hybridized carbons (Fsp3) is 0.0750. The van der Waals surface area contributed by atoms with E-state index in [1.807, 2.05) is 219 Å². The second kappa shape index (κ2) is 33.5. The molecule has 1 unspecified atom stereocenters. The van der Waals surface area contributed by atoms with Crippen LogP contribution in [0.5, 0.6) is 0 Å². The predicted octanol–water partition coefficient (Wildman–Crippen LogP) is 18.8. The molecule has 0 N–H and O–H groups in total. The van der Waals surface area contributed by atoms with Gasteiger partial charge in [-0.05, 0) is 82.4 Å². The summed E-state index contributed by atoms with van der Waals surface area (Å²) in [6.45, 7) is 4.22. The van der Waals surface area contributed by atoms with Crippen molar-refractivity contribution >= 4 is 55.9 Å². The molecule has 12 heteroatoms. The number of aromatic nitrogens is 6. The monoisotopic (exact) mass is 1550 g/mol. The minimum atomic E-state index is -2.06. The maximum Gasteiger partial charge on any atom is 3.00 e. The van der Waals surface area contributed by atoms with Crippen molar-refractivity contribution in [2.45, 2.75) is 27.6 Å². The van der Waals surface area contributed by atoms with Crippen molar-refractivity contribution in [3.63, 3.8) is 0 Å². The second-order valence-electron chi connectivity index (χ2n) is 20.6. The number of hydrogen-bond donors (Lipinski definition) is 0. The van der Waals surface area contributed by atoms with E-state index in [4.69, 9.17) is 12.9 Å². The Kier molecular flexibility index (Phi) is 22.5. The Labute approximate surface area is 568 Å². The average molecular weight is 1550 g/mol. The molecule has 8 heterocycles. The van der Waals surface area contributed by atoms with Gasteiger partial charge in [0.1, 0.15) is 11.2 Å². The van der Waals surface area contributed by atoms with E-state index in [0.717, 1.165) is 100 Å². The van der Waals surface area contributed by atoms with E-state index in [9.17, 15) is 0 Å². The molecule has 15 aromatic rings. The maximum absolute atomic E-state index is 7.42. The summed E-state index contributed by atoms with van der Waals surface area (Å²) in [5.41, 5.74) is 16.4. The van der Waals surface area contributed by atoms with Gasteiger partial charge in [0.25, 0.3) is 0 Å². The van der Waals surface area contributed by atoms with Crippen molar-refractivity contribution in [2.24, 2.45) is 15.9 Å². The molecule has 16 rings (SSSR count). The van der Waals surface area contributed by atoms with Gasteiger partial charge < -0.3 is 33.8 Å². The Morgan fingerprint density at radius 2 is 0.793 bits per heavy atom. The third-order valence-corrected chi connectivity index (χ3v) is 13.8. The molecule has 0 amide bonds. The molecular weight excluding hydrogens is 1490 g/mol. The Balaban J connectivity index is 0.000000136. The van der Waals surface area contributed by atoms with E-state index in [2.05, 4.69) is 108 Å². The Hall–Kier alpha value is -10.3. The number of fused-ring (bicyclic) bond motifs is 6. The average Bonchev–Trinajstić information content (AvgIpc) is 1.66. The number of furan rings is 2. The van der Waals surface area contributed by atoms with Crippen LogP contribution in [0, 0.1) is 63.1 Å². The summed E-state index contributed by atoms with van der Waals surface area (Å²) in [5, 5.41) is 4.21. The number of hydrogen-bond acceptors (Lipinski definition) is 10. The molecule has 0 saturated heterocycles. The van der Waals surface area contributed by atoms with Crippen molar-refractivity contribution in [3.05, 3.63) is 326 Å². The third kappa shape index (κ3) is 18.0. The number of rotatable bonds is 6. The summed E-state index contributed by atoms with van der Waals surface area (Å²) in [4.78, 5) is 34.1. The van der Waals surface area contributed by atoms with E-state index < -0.39 is 12.8 Å². The van der Waals surface area contributed by atoms with Crippen LogP contribution in [0.3, 0.4) is 0 Å². The molecule has 0 spiro atoms. The largest absolute Gasteiger partial charge is 3.00 e. The Morgan fingerprint density at radius 3 is 1.18 bits per heavy atom. The van der Waals surface area contributed by atoms with Crippen molar-refractivity contribution in [2.75, 3.05) is 6.54 Å². The molecule has 92 heavy (non-hydrogen) atoms. The summed E-state index contributed by atoms with van der Waals surface area (Å²) in [7, 11) is 0. The van der Waals surface area contributed by atoms with E-state index in [1.165, 1.54) is 17.3 Å². The molecule has 0 saturated carbocycles. The zero-order chi connectivity index (χ0) is 64.2. The minimum absolute atomic E-state index is 0. The van der Waals surface area contributed by atoms with Gasteiger partial charge in [-0.1, -0.05) is 129 Å². The first kappa shape index (κ1) is 61.9. The van der Waals surface area contributed by atoms with Crippen molar-refractivity contribution in [1.29, 1.82) is 0 Å². The summed E-state index contributed by atoms with van der Waals surface area (Å²) in [6, 6.07) is 93.8. The van der Waals surface area contributed by atoms with Crippen LogP contribution in [-0.4, -0.2) is 48.5 Å². The molecule has 0 bridgehead atoms. The molecule has 1 aliphatic heterocycles. The number of aryl methyl sites for hydroxylation is 3. The molecule has 10 nitrogen and oxygen atoms in total. The van der Waals surface area contributed by atoms with Gasteiger partial charge in [0.2, 0.25) is 0 Å². The molecule has 0 fully saturated rings. The summed E-state index contributed by atoms with van der Waals surface area (Å²) >= 11 is 0. The fourth-order valence-corrected chi connectivity index (χ4v) is 9.22. The van der Waals surface area contributed by atoms with Gasteiger partial charge in [-0.15, -0.1) is 178 Å². The van der Waals surface area contributed by atoms with E-state index in [-0.39, 0.29) is 46.8 Å². The van der Waals surface area contributed by atoms with Crippen LogP contribution in [0.2, 0.25) is 0 Å². The van der Waals surface area contributed by atoms with Gasteiger partial charge in [-0.25, -0.2) is 0 Å². The van der Waals surface area contributed by atoms with Crippen LogP contribution in [-0.2, 0) is 40.2 Å². The van der Waals surface area contributed by atoms with Gasteiger partial charge in [0, 0.05) is 60.0 Å². The summed E-state index contributed by atoms with van der Waals surface area (Å²) in [6.07, 6.45) is 12.2. The van der Waals surface area contributed by atoms with Gasteiger partial charge in [0.15, 0.2) is 0 Å². The van der Waals surface area contributed by atoms with Crippen LogP contribution < -0.4 is 0 Å². The van der Waals surface area contributed by atoms with Crippen LogP contribution in [0.4, 0.5) is 0 Å². The van der Waals surface area contributed by atoms with E-state index in [1.54, 1.807) is 37.2 Å². The van der Waals surface area contributed by atoms with Crippen LogP contribution in [0.25, 0.3) is 100 Å². The zero-order valence-electron chi connectivity index (χ0n) is 53.3. The molecule has 1 atom stereocenters. The SMILES string of the molecule is Cc1c[c-]c(-c2ccccn2)cc1.Cc1c[c-]c(-c2ccccn2)cc1.Cc1cnc(-c2[c-]cc3c(c2)oc2ccccc23)nc1.[2H]C([2H])([2H])C1C=NC(c2[c-]cc3c(c2)oc2ccccc23)=NC1.[Ir+3].[Ir+3].[c-]1ccccc1-c1ccccn1.[c-]1ccccc1-c1ccccn1. The number of aliphatic imine (C=N–C) groups is 2. The van der Waals surface area contributed by atoms with Crippen molar-refractivity contribution in [1.82, 2.24) is 29.9 Å². The standard InChI is InChI=1S/C17H13N2O.C17H11N2O.2C12H10N.2C11H8N.2Ir/c2*1-11-9-18-17(19-10-11)12-6-7-14-13-4-2-3-5-15(13)20-16(14)8-12;2*1-10-5-7-11(8-6-10)12-4-2-3-9-13-12;2*1-2-6-10(7-3-1)11-8-4-5-9-12-11;;/h2-5,7-9,11H,10H2,1H3;2-5,7-10H,1H3;2*2-7,9H,1H3;2*1-6,8-9H;;/q6*-1;2*+3/i1D3;;;;;;;. The van der Waals surface area contributed by atoms with Crippen LogP contribution in [0.1, 0.15) is 33.2 Å². The predicted molar refractivity (Wildman–Crippen MR) is 363 cm³/mol. The van der Waals surface area contributed by atoms with Crippen molar-refractivity contribution in [3.8, 4) is 56.4 Å². The second-order valence-corrected chi connectivity index (χ2v) is 20.6. The van der Waals surface area contributed by atoms with Gasteiger partial charge >= 0.3 is 40.2 Å². The molecule has 1 aliphatic rings. The minimum Gasteiger partial charge on any atom is -0.476 e. The first-order valence-electron chi connectivity index (χ1n) is 30.6. The number of para-hydroxylation sites is 2. The molecule has 0 radical (unpaired) electrons. The summed E-state index contributed by atoms with van der Waals surface area (Å²) < 4.78 is 34.0. The number of benzene rings is 8. The fourth-order valence-electron chi connectivity index (χ4n) is 9.22. The van der Waals surface area contributed by atoms with Crippen molar-refractivity contribution < 1.29 is 53.2 Å². The Morgan fingerprint density at radius 1 is 0.380 bits per heavy atom. The smallest absolute Gasteiger partial charge is 0.476 e. The van der Waals surface area contributed by atoms with E-state index >= 15 is 0 Å². The number of nitrogens with zero attached hydrogens (tertiary/aromatic N) is 8.